The molecule has 1 N–H and O–H groups in total. The molecular weight excluding hydrogens is 586 g/mol. The van der Waals surface area contributed by atoms with Crippen LogP contribution in [0.15, 0.2) is 122 Å². The zero-order chi connectivity index (χ0) is 30.8. The second kappa shape index (κ2) is 12.2. The Kier molecular flexibility index (Phi) is 7.63. The molecule has 7 nitrogen and oxygen atoms in total. The molecule has 222 valence electrons. The lowest BCUT2D eigenvalue weighted by molar-refractivity contribution is -0.130. The van der Waals surface area contributed by atoms with Gasteiger partial charge in [0.05, 0.1) is 17.6 Å². The van der Waals surface area contributed by atoms with Gasteiger partial charge in [0, 0.05) is 28.5 Å². The van der Waals surface area contributed by atoms with Gasteiger partial charge in [0.25, 0.3) is 0 Å². The van der Waals surface area contributed by atoms with Crippen molar-refractivity contribution >= 4 is 39.0 Å². The molecule has 7 rings (SSSR count). The molecule has 2 atom stereocenters. The Morgan fingerprint density at radius 1 is 0.800 bits per heavy atom. The van der Waals surface area contributed by atoms with Crippen LogP contribution in [0.25, 0.3) is 21.7 Å². The zero-order valence-corrected chi connectivity index (χ0v) is 24.9. The summed E-state index contributed by atoms with van der Waals surface area (Å²) in [5.74, 6) is 1.90. The number of carboxylic acids is 1. The van der Waals surface area contributed by atoms with Crippen molar-refractivity contribution in [1.29, 1.82) is 0 Å². The van der Waals surface area contributed by atoms with Gasteiger partial charge in [-0.2, -0.15) is 0 Å². The predicted octanol–water partition coefficient (Wildman–Crippen LogP) is 8.98. The van der Waals surface area contributed by atoms with E-state index in [-0.39, 0.29) is 11.7 Å². The van der Waals surface area contributed by atoms with E-state index in [1.165, 1.54) is 11.3 Å². The number of aliphatic carboxylic acids is 1. The van der Waals surface area contributed by atoms with Gasteiger partial charge in [-0.25, -0.2) is 4.79 Å². The van der Waals surface area contributed by atoms with Crippen molar-refractivity contribution in [3.8, 4) is 28.7 Å². The number of carbonyl (C=O) groups is 1. The molecule has 6 aromatic rings. The van der Waals surface area contributed by atoms with E-state index >= 15 is 0 Å². The highest BCUT2D eigenvalue weighted by Gasteiger charge is 2.35. The fourth-order valence-corrected chi connectivity index (χ4v) is 6.43. The number of pyridine rings is 1. The second-order valence-electron chi connectivity index (χ2n) is 10.4. The molecule has 45 heavy (non-hydrogen) atoms. The summed E-state index contributed by atoms with van der Waals surface area (Å²) < 4.78 is 26.1. The first-order valence-corrected chi connectivity index (χ1v) is 15.1. The van der Waals surface area contributed by atoms with E-state index in [0.29, 0.717) is 39.2 Å². The lowest BCUT2D eigenvalue weighted by Crippen LogP contribution is -2.26. The monoisotopic (exact) mass is 613 g/mol. The molecule has 0 aliphatic carbocycles. The standard InChI is InChI=1S/C37H27NO6S/c1-41-26-12-14-27(15-13-26)42-36-29-20-30-31(22-32(29)45-33(36)21-28(37(39)40)23-16-18-38-19-17-23)44-35(25-10-6-3-7-11-25)34(43-30)24-8-4-2-5-9-24/h2-22,34-35H,1H3,(H,39,40)/b28-21+. The van der Waals surface area contributed by atoms with Crippen LogP contribution in [0.5, 0.6) is 28.7 Å². The van der Waals surface area contributed by atoms with Crippen LogP contribution in [0.1, 0.15) is 33.8 Å². The average Bonchev–Trinajstić information content (AvgIpc) is 3.42. The fraction of sp³-hybridized carbons (Fsp3) is 0.0811. The summed E-state index contributed by atoms with van der Waals surface area (Å²) >= 11 is 1.42. The van der Waals surface area contributed by atoms with E-state index < -0.39 is 12.1 Å². The highest BCUT2D eigenvalue weighted by molar-refractivity contribution is 7.20. The number of benzene rings is 4. The Labute approximate surface area is 263 Å². The minimum absolute atomic E-state index is 0.120. The lowest BCUT2D eigenvalue weighted by Gasteiger charge is -2.34. The number of hydrogen-bond acceptors (Lipinski definition) is 7. The van der Waals surface area contributed by atoms with Gasteiger partial charge in [-0.05, 0) is 65.2 Å². The van der Waals surface area contributed by atoms with Crippen LogP contribution in [0.4, 0.5) is 0 Å². The molecule has 3 heterocycles. The van der Waals surface area contributed by atoms with Crippen LogP contribution >= 0.6 is 11.3 Å². The molecule has 0 amide bonds. The summed E-state index contributed by atoms with van der Waals surface area (Å²) in [7, 11) is 1.61. The van der Waals surface area contributed by atoms with E-state index in [4.69, 9.17) is 18.9 Å². The SMILES string of the molecule is COc1ccc(Oc2c(/C=C(/C(=O)O)c3ccncc3)sc3cc4c(cc23)OC(c2ccccc2)C(c2ccccc2)O4)cc1. The van der Waals surface area contributed by atoms with Crippen LogP contribution < -0.4 is 18.9 Å². The Morgan fingerprint density at radius 2 is 1.38 bits per heavy atom. The van der Waals surface area contributed by atoms with Crippen molar-refractivity contribution in [2.75, 3.05) is 7.11 Å². The minimum atomic E-state index is -1.06. The van der Waals surface area contributed by atoms with Gasteiger partial charge in [0.2, 0.25) is 0 Å². The third-order valence-electron chi connectivity index (χ3n) is 7.55. The largest absolute Gasteiger partial charge is 0.497 e. The maximum atomic E-state index is 12.4. The Balaban J connectivity index is 1.38. The van der Waals surface area contributed by atoms with Crippen LogP contribution in [-0.4, -0.2) is 23.2 Å². The number of carboxylic acid groups (broad SMARTS) is 1. The molecule has 0 bridgehead atoms. The first-order valence-electron chi connectivity index (χ1n) is 14.3. The van der Waals surface area contributed by atoms with Crippen molar-refractivity contribution in [1.82, 2.24) is 4.98 Å². The highest BCUT2D eigenvalue weighted by atomic mass is 32.1. The number of rotatable bonds is 8. The number of methoxy groups -OCH3 is 1. The maximum absolute atomic E-state index is 12.4. The van der Waals surface area contributed by atoms with Crippen LogP contribution in [0, 0.1) is 0 Å². The molecule has 0 radical (unpaired) electrons. The summed E-state index contributed by atoms with van der Waals surface area (Å²) in [5.41, 5.74) is 2.64. The van der Waals surface area contributed by atoms with Gasteiger partial charge in [-0.3, -0.25) is 4.98 Å². The third kappa shape index (κ3) is 5.71. The minimum Gasteiger partial charge on any atom is -0.497 e. The topological polar surface area (TPSA) is 87.1 Å². The summed E-state index contributed by atoms with van der Waals surface area (Å²) in [6, 6.07) is 34.5. The van der Waals surface area contributed by atoms with Crippen LogP contribution in [0.2, 0.25) is 0 Å². The summed E-state index contributed by atoms with van der Waals surface area (Å²) in [6.45, 7) is 0. The average molecular weight is 614 g/mol. The van der Waals surface area contributed by atoms with Crippen LogP contribution in [0.3, 0.4) is 0 Å². The molecule has 0 saturated carbocycles. The maximum Gasteiger partial charge on any atom is 0.336 e. The molecule has 0 fully saturated rings. The molecule has 0 saturated heterocycles. The van der Waals surface area contributed by atoms with Crippen molar-refractivity contribution in [2.24, 2.45) is 0 Å². The molecule has 1 aliphatic heterocycles. The van der Waals surface area contributed by atoms with Gasteiger partial charge < -0.3 is 24.1 Å². The first kappa shape index (κ1) is 28.2. The normalized spacial score (nSPS) is 15.9. The highest BCUT2D eigenvalue weighted by Crippen LogP contribution is 2.51. The molecule has 0 spiro atoms. The Hall–Kier alpha value is -5.60. The van der Waals surface area contributed by atoms with Gasteiger partial charge in [0.1, 0.15) is 11.5 Å². The number of ether oxygens (including phenoxy) is 4. The summed E-state index contributed by atoms with van der Waals surface area (Å²) in [6.07, 6.45) is 4.01. The molecule has 8 heteroatoms. The van der Waals surface area contributed by atoms with Gasteiger partial charge in [0.15, 0.2) is 29.5 Å². The molecule has 4 aromatic carbocycles. The third-order valence-corrected chi connectivity index (χ3v) is 8.63. The van der Waals surface area contributed by atoms with E-state index in [1.54, 1.807) is 37.7 Å². The van der Waals surface area contributed by atoms with E-state index in [2.05, 4.69) is 4.98 Å². The quantitative estimate of drug-likeness (QED) is 0.171. The number of hydrogen-bond donors (Lipinski definition) is 1. The second-order valence-corrected chi connectivity index (χ2v) is 11.4. The Bertz CT molecular complexity index is 1990. The van der Waals surface area contributed by atoms with E-state index in [0.717, 1.165) is 21.2 Å². The molecule has 2 aromatic heterocycles. The number of thiophene rings is 1. The Morgan fingerprint density at radius 3 is 1.96 bits per heavy atom. The molecule has 2 unspecified atom stereocenters. The van der Waals surface area contributed by atoms with Gasteiger partial charge in [-0.1, -0.05) is 60.7 Å². The molecular formula is C37H27NO6S. The lowest BCUT2D eigenvalue weighted by atomic mass is 9.96. The summed E-state index contributed by atoms with van der Waals surface area (Å²) in [4.78, 5) is 17.1. The number of fused-ring (bicyclic) bond motifs is 2. The van der Waals surface area contributed by atoms with Crippen molar-refractivity contribution < 1.29 is 28.8 Å². The van der Waals surface area contributed by atoms with Gasteiger partial charge >= 0.3 is 5.97 Å². The predicted molar refractivity (Wildman–Crippen MR) is 174 cm³/mol. The van der Waals surface area contributed by atoms with Crippen molar-refractivity contribution in [3.05, 3.63) is 143 Å². The molecule has 1 aliphatic rings. The smallest absolute Gasteiger partial charge is 0.336 e. The summed E-state index contributed by atoms with van der Waals surface area (Å²) in [5, 5.41) is 10.9. The van der Waals surface area contributed by atoms with Crippen molar-refractivity contribution in [2.45, 2.75) is 12.2 Å². The van der Waals surface area contributed by atoms with E-state index in [1.807, 2.05) is 97.1 Å². The van der Waals surface area contributed by atoms with Gasteiger partial charge in [-0.15, -0.1) is 11.3 Å². The first-order chi connectivity index (χ1) is 22.1. The van der Waals surface area contributed by atoms with E-state index in [9.17, 15) is 9.90 Å². The van der Waals surface area contributed by atoms with Crippen molar-refractivity contribution in [3.63, 3.8) is 0 Å². The van der Waals surface area contributed by atoms with Crippen LogP contribution in [-0.2, 0) is 4.79 Å². The fourth-order valence-electron chi connectivity index (χ4n) is 5.35. The zero-order valence-electron chi connectivity index (χ0n) is 24.1. The number of aromatic nitrogens is 1. The number of nitrogens with zero attached hydrogens (tertiary/aromatic N) is 1.